The monoisotopic (exact) mass is 454 g/mol. The van der Waals surface area contributed by atoms with Crippen LogP contribution in [0.4, 0.5) is 0 Å². The zero-order chi connectivity index (χ0) is 24.1. The van der Waals surface area contributed by atoms with Crippen molar-refractivity contribution in [1.82, 2.24) is 10.6 Å². The predicted octanol–water partition coefficient (Wildman–Crippen LogP) is 4.82. The van der Waals surface area contributed by atoms with Crippen LogP contribution in [0.1, 0.15) is 51.3 Å². The maximum Gasteiger partial charge on any atom is 0.251 e. The normalized spacial score (nSPS) is 15.2. The van der Waals surface area contributed by atoms with E-state index < -0.39 is 0 Å². The van der Waals surface area contributed by atoms with E-state index >= 15 is 0 Å². The predicted molar refractivity (Wildman–Crippen MR) is 135 cm³/mol. The first-order valence-electron chi connectivity index (χ1n) is 11.5. The Labute approximate surface area is 200 Å². The number of benzene rings is 3. The second-order valence-electron chi connectivity index (χ2n) is 9.20. The first-order chi connectivity index (χ1) is 16.3. The lowest BCUT2D eigenvalue weighted by Crippen LogP contribution is -2.43. The Morgan fingerprint density at radius 2 is 1.71 bits per heavy atom. The molecule has 4 rings (SSSR count). The average Bonchev–Trinajstić information content (AvgIpc) is 2.84. The third-order valence-electron chi connectivity index (χ3n) is 5.96. The summed E-state index contributed by atoms with van der Waals surface area (Å²) in [5.41, 5.74) is 4.99. The molecule has 0 unspecified atom stereocenters. The number of fused-ring (bicyclic) bond motifs is 1. The van der Waals surface area contributed by atoms with Gasteiger partial charge in [0.2, 0.25) is 0 Å². The zero-order valence-electron chi connectivity index (χ0n) is 19.9. The number of carbonyl (C=O) groups excluding carboxylic acids is 2. The van der Waals surface area contributed by atoms with E-state index in [9.17, 15) is 9.59 Å². The van der Waals surface area contributed by atoms with Gasteiger partial charge in [0.25, 0.3) is 5.91 Å². The van der Waals surface area contributed by atoms with Crippen LogP contribution >= 0.6 is 0 Å². The Morgan fingerprint density at radius 3 is 2.41 bits per heavy atom. The standard InChI is InChI=1S/C29H30N2O3/c1-29(2)19-23-13-14-24(34-3)17-25(23)26(31-29)18-27(32)21-9-11-22(12-10-21)28(33)30-16-15-20-7-5-4-6-8-20/h4-14,17-18,31H,15-16,19H2,1-3H3,(H,30,33)/b26-18-. The Bertz CT molecular complexity index is 1210. The van der Waals surface area contributed by atoms with Crippen LogP contribution in [0, 0.1) is 0 Å². The minimum absolute atomic E-state index is 0.120. The first kappa shape index (κ1) is 23.3. The highest BCUT2D eigenvalue weighted by Gasteiger charge is 2.28. The van der Waals surface area contributed by atoms with Crippen molar-refractivity contribution in [1.29, 1.82) is 0 Å². The van der Waals surface area contributed by atoms with Gasteiger partial charge in [-0.15, -0.1) is 0 Å². The van der Waals surface area contributed by atoms with Crippen molar-refractivity contribution in [2.24, 2.45) is 0 Å². The van der Waals surface area contributed by atoms with Crippen LogP contribution in [0.5, 0.6) is 5.75 Å². The van der Waals surface area contributed by atoms with Gasteiger partial charge in [0.15, 0.2) is 5.78 Å². The molecular weight excluding hydrogens is 424 g/mol. The highest BCUT2D eigenvalue weighted by atomic mass is 16.5. The second-order valence-corrected chi connectivity index (χ2v) is 9.20. The van der Waals surface area contributed by atoms with Crippen LogP contribution in [0.15, 0.2) is 78.9 Å². The molecule has 1 heterocycles. The summed E-state index contributed by atoms with van der Waals surface area (Å²) in [7, 11) is 1.63. The van der Waals surface area contributed by atoms with E-state index in [1.165, 1.54) is 11.1 Å². The van der Waals surface area contributed by atoms with E-state index in [0.717, 1.165) is 29.9 Å². The van der Waals surface area contributed by atoms with Gasteiger partial charge in [-0.05, 0) is 62.1 Å². The molecule has 1 aliphatic heterocycles. The SMILES string of the molecule is COc1ccc2c(c1)/C(=C/C(=O)c1ccc(C(=O)NCCc3ccccc3)cc1)NC(C)(C)C2. The molecule has 0 spiro atoms. The fourth-order valence-corrected chi connectivity index (χ4v) is 4.22. The molecule has 0 saturated carbocycles. The van der Waals surface area contributed by atoms with Crippen molar-refractivity contribution in [3.63, 3.8) is 0 Å². The number of hydrogen-bond acceptors (Lipinski definition) is 4. The minimum Gasteiger partial charge on any atom is -0.497 e. The molecule has 3 aromatic carbocycles. The van der Waals surface area contributed by atoms with Gasteiger partial charge in [-0.1, -0.05) is 48.5 Å². The molecule has 2 N–H and O–H groups in total. The second kappa shape index (κ2) is 9.96. The smallest absolute Gasteiger partial charge is 0.251 e. The number of carbonyl (C=O) groups is 2. The van der Waals surface area contributed by atoms with Crippen LogP contribution in [-0.4, -0.2) is 30.9 Å². The minimum atomic E-state index is -0.171. The molecule has 5 nitrogen and oxygen atoms in total. The molecule has 3 aromatic rings. The molecule has 0 bridgehead atoms. The highest BCUT2D eigenvalue weighted by molar-refractivity contribution is 6.09. The summed E-state index contributed by atoms with van der Waals surface area (Å²) in [6.45, 7) is 4.79. The van der Waals surface area contributed by atoms with Gasteiger partial charge in [-0.2, -0.15) is 0 Å². The largest absolute Gasteiger partial charge is 0.497 e. The topological polar surface area (TPSA) is 67.4 Å². The van der Waals surface area contributed by atoms with Crippen molar-refractivity contribution < 1.29 is 14.3 Å². The number of rotatable bonds is 7. The van der Waals surface area contributed by atoms with Crippen molar-refractivity contribution in [2.75, 3.05) is 13.7 Å². The summed E-state index contributed by atoms with van der Waals surface area (Å²) in [6, 6.07) is 22.8. The van der Waals surface area contributed by atoms with Gasteiger partial charge < -0.3 is 15.4 Å². The molecule has 0 fully saturated rings. The number of ether oxygens (including phenoxy) is 1. The Kier molecular flexibility index (Phi) is 6.82. The lowest BCUT2D eigenvalue weighted by molar-refractivity contribution is 0.0952. The molecular formula is C29H30N2O3. The molecule has 34 heavy (non-hydrogen) atoms. The van der Waals surface area contributed by atoms with Crippen molar-refractivity contribution >= 4 is 17.4 Å². The van der Waals surface area contributed by atoms with Crippen LogP contribution in [-0.2, 0) is 12.8 Å². The van der Waals surface area contributed by atoms with Crippen LogP contribution in [0.2, 0.25) is 0 Å². The molecule has 5 heteroatoms. The summed E-state index contributed by atoms with van der Waals surface area (Å²) in [5, 5.41) is 6.42. The Balaban J connectivity index is 1.46. The van der Waals surface area contributed by atoms with Gasteiger partial charge in [0.05, 0.1) is 7.11 Å². The van der Waals surface area contributed by atoms with E-state index in [1.54, 1.807) is 37.5 Å². The van der Waals surface area contributed by atoms with E-state index in [1.807, 2.05) is 42.5 Å². The Hall–Kier alpha value is -3.86. The molecule has 174 valence electrons. The Morgan fingerprint density at radius 1 is 1.00 bits per heavy atom. The summed E-state index contributed by atoms with van der Waals surface area (Å²) in [5.74, 6) is 0.483. The quantitative estimate of drug-likeness (QED) is 0.397. The first-order valence-corrected chi connectivity index (χ1v) is 11.5. The highest BCUT2D eigenvalue weighted by Crippen LogP contribution is 2.32. The van der Waals surface area contributed by atoms with Crippen molar-refractivity contribution in [3.05, 3.63) is 107 Å². The number of ketones is 1. The molecule has 0 radical (unpaired) electrons. The van der Waals surface area contributed by atoms with Crippen molar-refractivity contribution in [3.8, 4) is 5.75 Å². The van der Waals surface area contributed by atoms with Crippen molar-refractivity contribution in [2.45, 2.75) is 32.2 Å². The average molecular weight is 455 g/mol. The molecule has 0 atom stereocenters. The van der Waals surface area contributed by atoms with E-state index in [0.29, 0.717) is 17.7 Å². The molecule has 1 aliphatic rings. The molecule has 1 amide bonds. The third kappa shape index (κ3) is 5.54. The molecule has 0 saturated heterocycles. The maximum absolute atomic E-state index is 13.1. The van der Waals surface area contributed by atoms with Crippen LogP contribution < -0.4 is 15.4 Å². The zero-order valence-corrected chi connectivity index (χ0v) is 19.9. The summed E-state index contributed by atoms with van der Waals surface area (Å²) in [6.07, 6.45) is 3.26. The maximum atomic E-state index is 13.1. The molecule has 0 aliphatic carbocycles. The van der Waals surface area contributed by atoms with E-state index in [4.69, 9.17) is 4.74 Å². The van der Waals surface area contributed by atoms with E-state index in [-0.39, 0.29) is 17.2 Å². The van der Waals surface area contributed by atoms with Gasteiger partial charge in [0, 0.05) is 40.5 Å². The fraction of sp³-hybridized carbons (Fsp3) is 0.241. The summed E-state index contributed by atoms with van der Waals surface area (Å²) >= 11 is 0. The van der Waals surface area contributed by atoms with E-state index in [2.05, 4.69) is 30.5 Å². The summed E-state index contributed by atoms with van der Waals surface area (Å²) in [4.78, 5) is 25.5. The lowest BCUT2D eigenvalue weighted by atomic mass is 9.85. The van der Waals surface area contributed by atoms with Crippen LogP contribution in [0.3, 0.4) is 0 Å². The lowest BCUT2D eigenvalue weighted by Gasteiger charge is -2.35. The third-order valence-corrected chi connectivity index (χ3v) is 5.96. The fourth-order valence-electron chi connectivity index (χ4n) is 4.22. The van der Waals surface area contributed by atoms with Gasteiger partial charge in [0.1, 0.15) is 5.75 Å². The van der Waals surface area contributed by atoms with Crippen LogP contribution in [0.25, 0.3) is 5.70 Å². The number of hydrogen-bond donors (Lipinski definition) is 2. The number of nitrogens with one attached hydrogen (secondary N) is 2. The summed E-state index contributed by atoms with van der Waals surface area (Å²) < 4.78 is 5.38. The van der Waals surface area contributed by atoms with Gasteiger partial charge in [-0.25, -0.2) is 0 Å². The number of amides is 1. The van der Waals surface area contributed by atoms with Gasteiger partial charge >= 0.3 is 0 Å². The number of allylic oxidation sites excluding steroid dienone is 1. The molecule has 0 aromatic heterocycles. The van der Waals surface area contributed by atoms with Gasteiger partial charge in [-0.3, -0.25) is 9.59 Å². The number of methoxy groups -OCH3 is 1.